The number of aryl methyl sites for hydroxylation is 2. The van der Waals surface area contributed by atoms with Crippen LogP contribution in [0.4, 0.5) is 16.6 Å². The normalized spacial score (nSPS) is 16.7. The SMILES string of the molecule is C=Cc1nc(N2CCc3cccc(C(=C)Nc4nc5ccccc5s4)c3C2)ccc1-c1cccc(CCCCN2CCN(CC(=C)Nc3cccc4c(C5CCC(=C)NC5=C)nn(C)c34)CC2)c1C. The first-order valence-corrected chi connectivity index (χ1v) is 25.3. The molecule has 1 atom stereocenters. The molecule has 3 aliphatic heterocycles. The van der Waals surface area contributed by atoms with Crippen molar-refractivity contribution in [1.82, 2.24) is 34.9 Å². The summed E-state index contributed by atoms with van der Waals surface area (Å²) >= 11 is 1.65. The Morgan fingerprint density at radius 3 is 2.48 bits per heavy atom. The average Bonchev–Trinajstić information content (AvgIpc) is 3.93. The molecule has 3 N–H and O–H groups in total. The molecule has 4 aromatic carbocycles. The predicted molar refractivity (Wildman–Crippen MR) is 291 cm³/mol. The van der Waals surface area contributed by atoms with Crippen LogP contribution < -0.4 is 20.9 Å². The second-order valence-corrected chi connectivity index (χ2v) is 20.0. The van der Waals surface area contributed by atoms with Crippen molar-refractivity contribution in [2.45, 2.75) is 57.9 Å². The Hall–Kier alpha value is -6.79. The molecular weight excluding hydrogens is 869 g/mol. The summed E-state index contributed by atoms with van der Waals surface area (Å²) in [6.07, 6.45) is 8.13. The van der Waals surface area contributed by atoms with Gasteiger partial charge < -0.3 is 25.8 Å². The van der Waals surface area contributed by atoms with Crippen molar-refractivity contribution in [3.63, 3.8) is 0 Å². The molecule has 0 radical (unpaired) electrons. The van der Waals surface area contributed by atoms with Crippen molar-refractivity contribution in [3.8, 4) is 11.1 Å². The Morgan fingerprint density at radius 2 is 1.65 bits per heavy atom. The van der Waals surface area contributed by atoms with Gasteiger partial charge in [0.1, 0.15) is 5.82 Å². The van der Waals surface area contributed by atoms with Crippen LogP contribution in [-0.2, 0) is 26.4 Å². The number of benzene rings is 4. The Balaban J connectivity index is 0.709. The Labute approximate surface area is 411 Å². The smallest absolute Gasteiger partial charge is 0.188 e. The van der Waals surface area contributed by atoms with Gasteiger partial charge in [0.15, 0.2) is 5.13 Å². The Kier molecular flexibility index (Phi) is 13.4. The minimum Gasteiger partial charge on any atom is -0.363 e. The number of fused-ring (bicyclic) bond motifs is 3. The van der Waals surface area contributed by atoms with Gasteiger partial charge in [-0.3, -0.25) is 9.58 Å². The molecule has 2 fully saturated rings. The van der Waals surface area contributed by atoms with E-state index in [1.54, 1.807) is 11.3 Å². The summed E-state index contributed by atoms with van der Waals surface area (Å²) in [4.78, 5) is 17.6. The number of nitrogens with zero attached hydrogens (tertiary/aromatic N) is 7. The molecule has 11 heteroatoms. The van der Waals surface area contributed by atoms with E-state index in [1.165, 1.54) is 34.2 Å². The van der Waals surface area contributed by atoms with Gasteiger partial charge in [0.05, 0.1) is 32.8 Å². The number of allylic oxidation sites excluding steroid dienone is 2. The molecule has 0 spiro atoms. The first-order valence-electron chi connectivity index (χ1n) is 24.5. The van der Waals surface area contributed by atoms with Gasteiger partial charge >= 0.3 is 0 Å². The molecule has 3 aliphatic rings. The number of para-hydroxylation sites is 2. The van der Waals surface area contributed by atoms with Gasteiger partial charge in [-0.1, -0.05) is 105 Å². The maximum Gasteiger partial charge on any atom is 0.188 e. The Bertz CT molecular complexity index is 3080. The minimum absolute atomic E-state index is 0.164. The average molecular weight is 933 g/mol. The third kappa shape index (κ3) is 9.77. The van der Waals surface area contributed by atoms with E-state index in [9.17, 15) is 0 Å². The van der Waals surface area contributed by atoms with Crippen LogP contribution in [-0.4, -0.2) is 75.4 Å². The lowest BCUT2D eigenvalue weighted by molar-refractivity contribution is 0.139. The molecule has 69 heavy (non-hydrogen) atoms. The van der Waals surface area contributed by atoms with Crippen LogP contribution in [0.25, 0.3) is 44.0 Å². The van der Waals surface area contributed by atoms with Crippen LogP contribution in [0.3, 0.4) is 0 Å². The number of unbranched alkanes of at least 4 members (excludes halogenated alkanes) is 1. The fraction of sp³-hybridized carbons (Fsp3) is 0.293. The molecule has 352 valence electrons. The molecular formula is C58H64N10S. The predicted octanol–water partition coefficient (Wildman–Crippen LogP) is 11.9. The molecule has 6 heterocycles. The third-order valence-corrected chi connectivity index (χ3v) is 15.3. The summed E-state index contributed by atoms with van der Waals surface area (Å²) in [7, 11) is 2.03. The summed E-state index contributed by atoms with van der Waals surface area (Å²) < 4.78 is 3.16. The largest absolute Gasteiger partial charge is 0.363 e. The lowest BCUT2D eigenvalue weighted by atomic mass is 9.90. The number of thiazole rings is 1. The van der Waals surface area contributed by atoms with Crippen molar-refractivity contribution >= 4 is 60.9 Å². The van der Waals surface area contributed by atoms with E-state index >= 15 is 0 Å². The number of hydrogen-bond donors (Lipinski definition) is 3. The zero-order chi connectivity index (χ0) is 47.6. The minimum atomic E-state index is 0.164. The zero-order valence-corrected chi connectivity index (χ0v) is 41.1. The number of nitrogens with one attached hydrogen (secondary N) is 3. The van der Waals surface area contributed by atoms with Crippen molar-refractivity contribution in [2.24, 2.45) is 7.05 Å². The van der Waals surface area contributed by atoms with Crippen molar-refractivity contribution in [1.29, 1.82) is 0 Å². The highest BCUT2D eigenvalue weighted by molar-refractivity contribution is 7.22. The van der Waals surface area contributed by atoms with E-state index in [4.69, 9.17) is 15.1 Å². The summed E-state index contributed by atoms with van der Waals surface area (Å²) in [5, 5.41) is 17.5. The molecule has 1 unspecified atom stereocenters. The van der Waals surface area contributed by atoms with Crippen LogP contribution in [0.5, 0.6) is 0 Å². The zero-order valence-electron chi connectivity index (χ0n) is 40.3. The lowest BCUT2D eigenvalue weighted by Gasteiger charge is -2.35. The fourth-order valence-electron chi connectivity index (χ4n) is 10.7. The van der Waals surface area contributed by atoms with Crippen LogP contribution in [0, 0.1) is 6.92 Å². The van der Waals surface area contributed by atoms with Crippen LogP contribution in [0.1, 0.15) is 70.8 Å². The standard InChI is InChI=1S/C58H64N10S/c1-8-51-48(27-28-55(62-51)68-31-29-44-18-14-20-46(50(44)37-68)41(5)61-58-63-52-22-9-10-24-54(52)69-58)45-19-13-17-43(40(45)4)16-11-12-30-66-32-34-67(35-33-66)36-39(3)60-53-23-15-21-49-56(64-65(7)57(49)53)47-26-25-38(2)59-42(47)6/h8-10,13-15,17-24,27-28,47,59-60H,1-3,5-6,11-12,16,25-26,29-37H2,4,7H3,(H,61,63). The van der Waals surface area contributed by atoms with Gasteiger partial charge in [-0.2, -0.15) is 5.10 Å². The summed E-state index contributed by atoms with van der Waals surface area (Å²) in [5.41, 5.74) is 17.8. The first-order chi connectivity index (χ1) is 33.6. The first kappa shape index (κ1) is 46.0. The van der Waals surface area contributed by atoms with E-state index in [1.807, 2.05) is 29.9 Å². The number of anilines is 3. The van der Waals surface area contributed by atoms with E-state index < -0.39 is 0 Å². The molecule has 0 amide bonds. The van der Waals surface area contributed by atoms with E-state index in [0.717, 1.165) is 168 Å². The van der Waals surface area contributed by atoms with Crippen LogP contribution in [0.15, 0.2) is 141 Å². The van der Waals surface area contributed by atoms with Crippen LogP contribution in [0.2, 0.25) is 0 Å². The lowest BCUT2D eigenvalue weighted by Crippen LogP contribution is -2.47. The fourth-order valence-corrected chi connectivity index (χ4v) is 11.6. The van der Waals surface area contributed by atoms with Crippen LogP contribution >= 0.6 is 11.3 Å². The second kappa shape index (κ2) is 20.0. The number of piperazine rings is 1. The highest BCUT2D eigenvalue weighted by atomic mass is 32.1. The maximum atomic E-state index is 5.24. The molecule has 0 bridgehead atoms. The number of pyridine rings is 1. The number of rotatable bonds is 16. The highest BCUT2D eigenvalue weighted by Gasteiger charge is 2.27. The van der Waals surface area contributed by atoms with E-state index in [2.05, 4.69) is 149 Å². The topological polar surface area (TPSA) is 89.4 Å². The van der Waals surface area contributed by atoms with E-state index in [-0.39, 0.29) is 5.92 Å². The monoisotopic (exact) mass is 933 g/mol. The van der Waals surface area contributed by atoms with E-state index in [0.29, 0.717) is 0 Å². The molecule has 7 aromatic rings. The van der Waals surface area contributed by atoms with Gasteiger partial charge in [0, 0.05) is 98.1 Å². The molecule has 10 rings (SSSR count). The summed E-state index contributed by atoms with van der Waals surface area (Å²) in [5.74, 6) is 1.13. The van der Waals surface area contributed by atoms with Gasteiger partial charge in [-0.25, -0.2) is 9.97 Å². The highest BCUT2D eigenvalue weighted by Crippen LogP contribution is 2.39. The summed E-state index contributed by atoms with van der Waals surface area (Å²) in [6.45, 7) is 31.6. The van der Waals surface area contributed by atoms with Gasteiger partial charge in [0.25, 0.3) is 0 Å². The Morgan fingerprint density at radius 1 is 0.841 bits per heavy atom. The van der Waals surface area contributed by atoms with Crippen molar-refractivity contribution in [2.75, 3.05) is 61.3 Å². The van der Waals surface area contributed by atoms with Crippen molar-refractivity contribution in [3.05, 3.63) is 180 Å². The molecule has 2 saturated heterocycles. The quantitative estimate of drug-likeness (QED) is 0.0820. The van der Waals surface area contributed by atoms with Gasteiger partial charge in [0.2, 0.25) is 0 Å². The number of hydrogen-bond acceptors (Lipinski definition) is 10. The maximum absolute atomic E-state index is 5.24. The third-order valence-electron chi connectivity index (χ3n) is 14.4. The molecule has 10 nitrogen and oxygen atoms in total. The molecule has 0 saturated carbocycles. The van der Waals surface area contributed by atoms with Gasteiger partial charge in [-0.05, 0) is 116 Å². The number of piperidine rings is 1. The van der Waals surface area contributed by atoms with Gasteiger partial charge in [-0.15, -0.1) is 0 Å². The molecule has 0 aliphatic carbocycles. The number of aromatic nitrogens is 4. The molecule has 3 aromatic heterocycles. The second-order valence-electron chi connectivity index (χ2n) is 19.0. The van der Waals surface area contributed by atoms with Crippen molar-refractivity contribution < 1.29 is 0 Å². The summed E-state index contributed by atoms with van der Waals surface area (Å²) in [6, 6.07) is 32.4.